The van der Waals surface area contributed by atoms with Gasteiger partial charge in [-0.1, -0.05) is 35.6 Å². The molecule has 0 radical (unpaired) electrons. The summed E-state index contributed by atoms with van der Waals surface area (Å²) in [6.07, 6.45) is 1.79. The fourth-order valence-electron chi connectivity index (χ4n) is 3.84. The van der Waals surface area contributed by atoms with Gasteiger partial charge in [-0.2, -0.15) is 0 Å². The number of fused-ring (bicyclic) bond motifs is 1. The number of thiazole rings is 1. The summed E-state index contributed by atoms with van der Waals surface area (Å²) in [7, 11) is 1.59. The largest absolute Gasteiger partial charge is 0.497 e. The number of esters is 2. The monoisotopic (exact) mass is 492 g/mol. The van der Waals surface area contributed by atoms with Gasteiger partial charge >= 0.3 is 11.9 Å². The minimum absolute atomic E-state index is 0.190. The molecule has 35 heavy (non-hydrogen) atoms. The second-order valence-electron chi connectivity index (χ2n) is 7.74. The van der Waals surface area contributed by atoms with E-state index < -0.39 is 18.0 Å². The predicted octanol–water partition coefficient (Wildman–Crippen LogP) is 2.73. The molecule has 0 saturated heterocycles. The molecule has 3 aromatic rings. The molecule has 0 amide bonds. The van der Waals surface area contributed by atoms with E-state index in [0.717, 1.165) is 11.3 Å². The minimum Gasteiger partial charge on any atom is -0.497 e. The molecule has 9 heteroatoms. The third-order valence-electron chi connectivity index (χ3n) is 5.39. The van der Waals surface area contributed by atoms with Crippen molar-refractivity contribution in [1.82, 2.24) is 4.57 Å². The normalized spacial score (nSPS) is 15.3. The molecule has 0 N–H and O–H groups in total. The SMILES string of the molecule is CCOC(=O)C1=C(C)N=c2s/c(=C/c3ccc(OC)cc3)c(=O)n2C1c1ccc(OC(C)=O)cc1. The number of ether oxygens (including phenoxy) is 3. The summed E-state index contributed by atoms with van der Waals surface area (Å²) in [6, 6.07) is 13.3. The second-order valence-corrected chi connectivity index (χ2v) is 8.75. The Bertz CT molecular complexity index is 1480. The van der Waals surface area contributed by atoms with Gasteiger partial charge in [0.1, 0.15) is 11.5 Å². The Balaban J connectivity index is 1.88. The summed E-state index contributed by atoms with van der Waals surface area (Å²) in [5, 5.41) is 0. The number of benzene rings is 2. The maximum Gasteiger partial charge on any atom is 0.338 e. The number of aromatic nitrogens is 1. The van der Waals surface area contributed by atoms with E-state index in [4.69, 9.17) is 14.2 Å². The Morgan fingerprint density at radius 3 is 2.34 bits per heavy atom. The summed E-state index contributed by atoms with van der Waals surface area (Å²) >= 11 is 1.25. The predicted molar refractivity (Wildman–Crippen MR) is 131 cm³/mol. The lowest BCUT2D eigenvalue weighted by Gasteiger charge is -2.24. The number of carbonyl (C=O) groups is 2. The molecular formula is C26H24N2O6S. The van der Waals surface area contributed by atoms with Gasteiger partial charge in [0.25, 0.3) is 5.56 Å². The molecular weight excluding hydrogens is 468 g/mol. The van der Waals surface area contributed by atoms with E-state index >= 15 is 0 Å². The summed E-state index contributed by atoms with van der Waals surface area (Å²) in [5.41, 5.74) is 1.99. The first-order valence-corrected chi connectivity index (χ1v) is 11.8. The van der Waals surface area contributed by atoms with E-state index in [2.05, 4.69) is 4.99 Å². The van der Waals surface area contributed by atoms with Crippen molar-refractivity contribution in [3.05, 3.63) is 90.6 Å². The molecule has 1 atom stereocenters. The highest BCUT2D eigenvalue weighted by Crippen LogP contribution is 2.31. The van der Waals surface area contributed by atoms with Crippen LogP contribution in [0, 0.1) is 0 Å². The van der Waals surface area contributed by atoms with Gasteiger partial charge < -0.3 is 14.2 Å². The average molecular weight is 493 g/mol. The van der Waals surface area contributed by atoms with Gasteiger partial charge in [0.2, 0.25) is 0 Å². The third kappa shape index (κ3) is 4.95. The molecule has 1 unspecified atom stereocenters. The van der Waals surface area contributed by atoms with Crippen molar-refractivity contribution >= 4 is 29.4 Å². The van der Waals surface area contributed by atoms with Crippen LogP contribution >= 0.6 is 11.3 Å². The first-order valence-electron chi connectivity index (χ1n) is 10.9. The standard InChI is InChI=1S/C26H24N2O6S/c1-5-33-25(31)22-15(2)27-26-28(23(22)18-8-12-20(13-9-18)34-16(3)29)24(30)21(35-26)14-17-6-10-19(32-4)11-7-17/h6-14,23H,5H2,1-4H3/b21-14+. The molecule has 1 aliphatic rings. The number of methoxy groups -OCH3 is 1. The van der Waals surface area contributed by atoms with Crippen molar-refractivity contribution in [3.8, 4) is 11.5 Å². The first-order chi connectivity index (χ1) is 16.8. The molecule has 2 heterocycles. The Morgan fingerprint density at radius 2 is 1.74 bits per heavy atom. The highest BCUT2D eigenvalue weighted by atomic mass is 32.1. The van der Waals surface area contributed by atoms with Crippen LogP contribution in [-0.4, -0.2) is 30.2 Å². The maximum absolute atomic E-state index is 13.6. The molecule has 4 rings (SSSR count). The van der Waals surface area contributed by atoms with Gasteiger partial charge in [-0.15, -0.1) is 0 Å². The van der Waals surface area contributed by atoms with Crippen molar-refractivity contribution in [2.45, 2.75) is 26.8 Å². The van der Waals surface area contributed by atoms with Crippen LogP contribution in [0.3, 0.4) is 0 Å². The summed E-state index contributed by atoms with van der Waals surface area (Å²) in [5.74, 6) is 0.113. The van der Waals surface area contributed by atoms with Gasteiger partial charge in [0.15, 0.2) is 4.80 Å². The Morgan fingerprint density at radius 1 is 1.09 bits per heavy atom. The van der Waals surface area contributed by atoms with Crippen LogP contribution in [0.4, 0.5) is 0 Å². The molecule has 0 bridgehead atoms. The van der Waals surface area contributed by atoms with E-state index in [1.165, 1.54) is 22.8 Å². The minimum atomic E-state index is -0.741. The molecule has 8 nitrogen and oxygen atoms in total. The fourth-order valence-corrected chi connectivity index (χ4v) is 4.89. The zero-order chi connectivity index (χ0) is 25.1. The zero-order valence-electron chi connectivity index (χ0n) is 19.7. The van der Waals surface area contributed by atoms with E-state index in [-0.39, 0.29) is 17.7 Å². The van der Waals surface area contributed by atoms with Gasteiger partial charge in [-0.25, -0.2) is 9.79 Å². The summed E-state index contributed by atoms with van der Waals surface area (Å²) in [6.45, 7) is 4.96. The maximum atomic E-state index is 13.6. The van der Waals surface area contributed by atoms with Gasteiger partial charge in [-0.3, -0.25) is 14.2 Å². The number of nitrogens with zero attached hydrogens (tertiary/aromatic N) is 2. The number of allylic oxidation sites excluding steroid dienone is 1. The van der Waals surface area contributed by atoms with Crippen LogP contribution in [0.25, 0.3) is 6.08 Å². The number of hydrogen-bond donors (Lipinski definition) is 0. The molecule has 0 saturated carbocycles. The number of carbonyl (C=O) groups excluding carboxylic acids is 2. The van der Waals surface area contributed by atoms with Crippen molar-refractivity contribution < 1.29 is 23.8 Å². The van der Waals surface area contributed by atoms with Crippen LogP contribution in [-0.2, 0) is 14.3 Å². The fraction of sp³-hybridized carbons (Fsp3) is 0.231. The second kappa shape index (κ2) is 10.1. The Kier molecular flexibility index (Phi) is 6.97. The molecule has 0 aliphatic carbocycles. The molecule has 1 aliphatic heterocycles. The van der Waals surface area contributed by atoms with Crippen LogP contribution in [0.1, 0.15) is 37.9 Å². The molecule has 2 aromatic carbocycles. The highest BCUT2D eigenvalue weighted by Gasteiger charge is 2.33. The third-order valence-corrected chi connectivity index (χ3v) is 6.37. The van der Waals surface area contributed by atoms with Crippen LogP contribution in [0.2, 0.25) is 0 Å². The van der Waals surface area contributed by atoms with Gasteiger partial charge in [0.05, 0.1) is 35.6 Å². The lowest BCUT2D eigenvalue weighted by atomic mass is 9.96. The van der Waals surface area contributed by atoms with Crippen LogP contribution < -0.4 is 24.4 Å². The lowest BCUT2D eigenvalue weighted by Crippen LogP contribution is -2.39. The molecule has 180 valence electrons. The number of rotatable bonds is 6. The summed E-state index contributed by atoms with van der Waals surface area (Å²) < 4.78 is 17.6. The zero-order valence-corrected chi connectivity index (χ0v) is 20.5. The van der Waals surface area contributed by atoms with Crippen molar-refractivity contribution in [3.63, 3.8) is 0 Å². The molecule has 1 aromatic heterocycles. The quantitative estimate of drug-likeness (QED) is 0.388. The first kappa shape index (κ1) is 24.2. The Hall–Kier alpha value is -3.98. The smallest absolute Gasteiger partial charge is 0.338 e. The van der Waals surface area contributed by atoms with Gasteiger partial charge in [-0.05, 0) is 55.3 Å². The van der Waals surface area contributed by atoms with Crippen molar-refractivity contribution in [1.29, 1.82) is 0 Å². The average Bonchev–Trinajstić information content (AvgIpc) is 3.13. The summed E-state index contributed by atoms with van der Waals surface area (Å²) in [4.78, 5) is 42.9. The van der Waals surface area contributed by atoms with E-state index in [1.807, 2.05) is 24.3 Å². The number of hydrogen-bond acceptors (Lipinski definition) is 8. The van der Waals surface area contributed by atoms with Crippen LogP contribution in [0.15, 0.2) is 69.6 Å². The van der Waals surface area contributed by atoms with Crippen molar-refractivity contribution in [2.24, 2.45) is 4.99 Å². The topological polar surface area (TPSA) is 96.2 Å². The molecule has 0 fully saturated rings. The van der Waals surface area contributed by atoms with E-state index in [9.17, 15) is 14.4 Å². The van der Waals surface area contributed by atoms with Crippen molar-refractivity contribution in [2.75, 3.05) is 13.7 Å². The Labute approximate surface area is 205 Å². The van der Waals surface area contributed by atoms with Gasteiger partial charge in [0, 0.05) is 6.92 Å². The lowest BCUT2D eigenvalue weighted by molar-refractivity contribution is -0.139. The van der Waals surface area contributed by atoms with Crippen LogP contribution in [0.5, 0.6) is 11.5 Å². The van der Waals surface area contributed by atoms with E-state index in [0.29, 0.717) is 26.3 Å². The highest BCUT2D eigenvalue weighted by molar-refractivity contribution is 7.07. The molecule has 0 spiro atoms. The van der Waals surface area contributed by atoms with E-state index in [1.54, 1.807) is 51.3 Å².